The average molecular weight is 336 g/mol. The fourth-order valence-corrected chi connectivity index (χ4v) is 2.70. The summed E-state index contributed by atoms with van der Waals surface area (Å²) in [5.74, 6) is -0.844. The second kappa shape index (κ2) is 7.59. The van der Waals surface area contributed by atoms with Crippen molar-refractivity contribution in [3.8, 4) is 0 Å². The van der Waals surface area contributed by atoms with Crippen LogP contribution in [0.4, 0.5) is 10.0 Å². The molecule has 0 bridgehead atoms. The summed E-state index contributed by atoms with van der Waals surface area (Å²) >= 11 is 1.01. The van der Waals surface area contributed by atoms with Crippen molar-refractivity contribution in [1.82, 2.24) is 0 Å². The van der Waals surface area contributed by atoms with Crippen molar-refractivity contribution in [2.75, 3.05) is 18.9 Å². The summed E-state index contributed by atoms with van der Waals surface area (Å²) < 4.78 is 15.1. The highest BCUT2D eigenvalue weighted by molar-refractivity contribution is 7.20. The molecule has 0 unspecified atom stereocenters. The standard InChI is InChI=1S/C15H16N2O5S/c1-3-20-14(18)10-11(15(19)21-4-2)13(23-12(10)16)17-8-9-6-5-7-22-9/h5-8H,3-4,16H2,1-2H3/b17-8+. The van der Waals surface area contributed by atoms with E-state index in [0.29, 0.717) is 5.76 Å². The lowest BCUT2D eigenvalue weighted by Gasteiger charge is -2.05. The number of nitrogen functional groups attached to an aromatic ring is 1. The third-order valence-corrected chi connectivity index (χ3v) is 3.66. The molecule has 0 saturated carbocycles. The van der Waals surface area contributed by atoms with Gasteiger partial charge in [0.15, 0.2) is 0 Å². The van der Waals surface area contributed by atoms with Crippen LogP contribution in [0.3, 0.4) is 0 Å². The first-order valence-corrected chi connectivity index (χ1v) is 7.74. The van der Waals surface area contributed by atoms with Crippen LogP contribution in [0.2, 0.25) is 0 Å². The molecule has 0 atom stereocenters. The van der Waals surface area contributed by atoms with Crippen LogP contribution in [-0.4, -0.2) is 31.4 Å². The zero-order valence-corrected chi connectivity index (χ0v) is 13.5. The minimum absolute atomic E-state index is 0.00982. The van der Waals surface area contributed by atoms with Crippen molar-refractivity contribution < 1.29 is 23.5 Å². The van der Waals surface area contributed by atoms with E-state index in [1.807, 2.05) is 0 Å². The molecule has 23 heavy (non-hydrogen) atoms. The van der Waals surface area contributed by atoms with Crippen LogP contribution < -0.4 is 5.73 Å². The van der Waals surface area contributed by atoms with Crippen molar-refractivity contribution in [3.05, 3.63) is 35.3 Å². The maximum atomic E-state index is 12.2. The topological polar surface area (TPSA) is 104 Å². The van der Waals surface area contributed by atoms with E-state index in [1.165, 1.54) is 12.5 Å². The number of nitrogens with zero attached hydrogens (tertiary/aromatic N) is 1. The number of furan rings is 1. The molecule has 0 amide bonds. The Morgan fingerprint density at radius 3 is 2.48 bits per heavy atom. The second-order valence-electron chi connectivity index (χ2n) is 4.24. The smallest absolute Gasteiger partial charge is 0.342 e. The molecule has 2 aromatic heterocycles. The second-order valence-corrected chi connectivity index (χ2v) is 5.27. The SMILES string of the molecule is CCOC(=O)c1c(N)sc(/N=C/c2ccco2)c1C(=O)OCC. The van der Waals surface area contributed by atoms with Gasteiger partial charge in [0.25, 0.3) is 0 Å². The highest BCUT2D eigenvalue weighted by atomic mass is 32.1. The third-order valence-electron chi connectivity index (χ3n) is 2.73. The van der Waals surface area contributed by atoms with Gasteiger partial charge >= 0.3 is 11.9 Å². The van der Waals surface area contributed by atoms with E-state index in [9.17, 15) is 9.59 Å². The third kappa shape index (κ3) is 3.78. The highest BCUT2D eigenvalue weighted by Crippen LogP contribution is 2.38. The molecule has 0 aliphatic heterocycles. The molecule has 2 aromatic rings. The van der Waals surface area contributed by atoms with Crippen LogP contribution in [0.1, 0.15) is 40.3 Å². The molecule has 0 aliphatic rings. The normalized spacial score (nSPS) is 10.9. The van der Waals surface area contributed by atoms with Gasteiger partial charge in [0.2, 0.25) is 0 Å². The van der Waals surface area contributed by atoms with E-state index in [1.54, 1.807) is 26.0 Å². The van der Waals surface area contributed by atoms with Gasteiger partial charge in [0.05, 0.1) is 25.7 Å². The number of anilines is 1. The zero-order chi connectivity index (χ0) is 16.8. The van der Waals surface area contributed by atoms with E-state index in [2.05, 4.69) is 4.99 Å². The molecule has 0 saturated heterocycles. The van der Waals surface area contributed by atoms with Crippen LogP contribution in [-0.2, 0) is 9.47 Å². The average Bonchev–Trinajstić information content (AvgIpc) is 3.12. The Labute approximate surface area is 136 Å². The molecule has 0 aliphatic carbocycles. The van der Waals surface area contributed by atoms with Gasteiger partial charge in [-0.2, -0.15) is 0 Å². The maximum Gasteiger partial charge on any atom is 0.342 e. The van der Waals surface area contributed by atoms with E-state index >= 15 is 0 Å². The van der Waals surface area contributed by atoms with E-state index in [4.69, 9.17) is 19.6 Å². The predicted octanol–water partition coefficient (Wildman–Crippen LogP) is 3.03. The molecule has 0 radical (unpaired) electrons. The van der Waals surface area contributed by atoms with Gasteiger partial charge in [-0.25, -0.2) is 14.6 Å². The molecule has 8 heteroatoms. The summed E-state index contributed by atoms with van der Waals surface area (Å²) in [6.45, 7) is 3.67. The van der Waals surface area contributed by atoms with Gasteiger partial charge in [-0.1, -0.05) is 11.3 Å². The largest absolute Gasteiger partial charge is 0.463 e. The molecule has 2 N–H and O–H groups in total. The van der Waals surface area contributed by atoms with Gasteiger partial charge in [-0.3, -0.25) is 0 Å². The number of hydrogen-bond donors (Lipinski definition) is 1. The van der Waals surface area contributed by atoms with Crippen molar-refractivity contribution in [2.45, 2.75) is 13.8 Å². The highest BCUT2D eigenvalue weighted by Gasteiger charge is 2.29. The van der Waals surface area contributed by atoms with Gasteiger partial charge in [0.1, 0.15) is 26.9 Å². The number of hydrogen-bond acceptors (Lipinski definition) is 8. The Morgan fingerprint density at radius 1 is 1.26 bits per heavy atom. The van der Waals surface area contributed by atoms with E-state index in [-0.39, 0.29) is 34.3 Å². The van der Waals surface area contributed by atoms with E-state index in [0.717, 1.165) is 11.3 Å². The fourth-order valence-electron chi connectivity index (χ4n) is 1.81. The first-order valence-electron chi connectivity index (χ1n) is 6.92. The minimum Gasteiger partial charge on any atom is -0.463 e. The van der Waals surface area contributed by atoms with Crippen LogP contribution >= 0.6 is 11.3 Å². The van der Waals surface area contributed by atoms with Crippen LogP contribution in [0.25, 0.3) is 0 Å². The summed E-state index contributed by atoms with van der Waals surface area (Å²) in [6, 6.07) is 3.41. The molecular weight excluding hydrogens is 320 g/mol. The number of esters is 2. The minimum atomic E-state index is -0.677. The number of rotatable bonds is 6. The maximum absolute atomic E-state index is 12.2. The Bertz CT molecular complexity index is 719. The summed E-state index contributed by atoms with van der Waals surface area (Å²) in [5, 5.41) is 0.415. The number of ether oxygens (including phenoxy) is 2. The number of aliphatic imine (C=N–C) groups is 1. The summed E-state index contributed by atoms with van der Waals surface area (Å²) in [5.41, 5.74) is 5.87. The number of carbonyl (C=O) groups excluding carboxylic acids is 2. The van der Waals surface area contributed by atoms with E-state index < -0.39 is 11.9 Å². The lowest BCUT2D eigenvalue weighted by molar-refractivity contribution is 0.0481. The summed E-state index contributed by atoms with van der Waals surface area (Å²) in [7, 11) is 0. The van der Waals surface area contributed by atoms with Crippen molar-refractivity contribution >= 4 is 39.5 Å². The van der Waals surface area contributed by atoms with Crippen molar-refractivity contribution in [3.63, 3.8) is 0 Å². The monoisotopic (exact) mass is 336 g/mol. The number of nitrogens with two attached hydrogens (primary N) is 1. The lowest BCUT2D eigenvalue weighted by Crippen LogP contribution is -2.13. The number of thiophene rings is 1. The summed E-state index contributed by atoms with van der Waals surface area (Å²) in [6.07, 6.45) is 2.93. The summed E-state index contributed by atoms with van der Waals surface area (Å²) in [4.78, 5) is 28.4. The first-order chi connectivity index (χ1) is 11.1. The molecule has 7 nitrogen and oxygen atoms in total. The van der Waals surface area contributed by atoms with Gasteiger partial charge < -0.3 is 19.6 Å². The predicted molar refractivity (Wildman–Crippen MR) is 86.6 cm³/mol. The van der Waals surface area contributed by atoms with Crippen LogP contribution in [0, 0.1) is 0 Å². The first kappa shape index (κ1) is 16.8. The fraction of sp³-hybridized carbons (Fsp3) is 0.267. The molecular formula is C15H16N2O5S. The van der Waals surface area contributed by atoms with Gasteiger partial charge in [-0.05, 0) is 26.0 Å². The molecule has 0 spiro atoms. The Balaban J connectivity index is 2.46. The Kier molecular flexibility index (Phi) is 5.53. The van der Waals surface area contributed by atoms with Crippen molar-refractivity contribution in [2.24, 2.45) is 4.99 Å². The Morgan fingerprint density at radius 2 is 1.91 bits per heavy atom. The quantitative estimate of drug-likeness (QED) is 0.642. The number of carbonyl (C=O) groups is 2. The molecule has 2 rings (SSSR count). The zero-order valence-electron chi connectivity index (χ0n) is 12.7. The lowest BCUT2D eigenvalue weighted by atomic mass is 10.1. The molecule has 122 valence electrons. The van der Waals surface area contributed by atoms with Crippen LogP contribution in [0.15, 0.2) is 27.8 Å². The van der Waals surface area contributed by atoms with Gasteiger partial charge in [0, 0.05) is 0 Å². The molecule has 0 aromatic carbocycles. The van der Waals surface area contributed by atoms with Crippen molar-refractivity contribution in [1.29, 1.82) is 0 Å². The molecule has 0 fully saturated rings. The molecule has 2 heterocycles. The van der Waals surface area contributed by atoms with Gasteiger partial charge in [-0.15, -0.1) is 0 Å². The van der Waals surface area contributed by atoms with Crippen LogP contribution in [0.5, 0.6) is 0 Å². The Hall–Kier alpha value is -2.61.